The van der Waals surface area contributed by atoms with E-state index in [0.717, 1.165) is 12.1 Å². The minimum absolute atomic E-state index is 0.160. The maximum atomic E-state index is 13.3. The van der Waals surface area contributed by atoms with E-state index >= 15 is 0 Å². The lowest BCUT2D eigenvalue weighted by Crippen LogP contribution is -2.43. The van der Waals surface area contributed by atoms with E-state index in [1.165, 1.54) is 6.07 Å². The number of carbonyl (C=O) groups is 2. The summed E-state index contributed by atoms with van der Waals surface area (Å²) in [5.41, 5.74) is 0.700. The molecule has 2 amide bonds. The molecule has 0 saturated carbocycles. The van der Waals surface area contributed by atoms with Crippen molar-refractivity contribution in [3.63, 3.8) is 0 Å². The van der Waals surface area contributed by atoms with Crippen LogP contribution in [0.4, 0.5) is 14.5 Å². The Balaban J connectivity index is 1.65. The first kappa shape index (κ1) is 18.3. The summed E-state index contributed by atoms with van der Waals surface area (Å²) in [6, 6.07) is 9.79. The monoisotopic (exact) mass is 378 g/mol. The average molecular weight is 379 g/mol. The molecule has 1 heterocycles. The molecule has 1 N–H and O–H groups in total. The van der Waals surface area contributed by atoms with Crippen LogP contribution in [0.25, 0.3) is 0 Å². The van der Waals surface area contributed by atoms with Crippen molar-refractivity contribution in [3.8, 4) is 0 Å². The number of halogens is 3. The molecule has 136 valence electrons. The van der Waals surface area contributed by atoms with Gasteiger partial charge >= 0.3 is 0 Å². The van der Waals surface area contributed by atoms with E-state index in [9.17, 15) is 18.4 Å². The van der Waals surface area contributed by atoms with Gasteiger partial charge in [-0.15, -0.1) is 0 Å². The fourth-order valence-corrected chi connectivity index (χ4v) is 3.09. The number of nitrogens with one attached hydrogen (secondary N) is 1. The van der Waals surface area contributed by atoms with E-state index in [2.05, 4.69) is 5.32 Å². The Morgan fingerprint density at radius 2 is 1.81 bits per heavy atom. The maximum Gasteiger partial charge on any atom is 0.253 e. The highest BCUT2D eigenvalue weighted by atomic mass is 35.5. The number of piperidine rings is 1. The highest BCUT2D eigenvalue weighted by molar-refractivity contribution is 6.30. The van der Waals surface area contributed by atoms with Gasteiger partial charge in [-0.3, -0.25) is 9.59 Å². The maximum absolute atomic E-state index is 13.3. The molecule has 4 nitrogen and oxygen atoms in total. The van der Waals surface area contributed by atoms with E-state index in [0.29, 0.717) is 30.0 Å². The fraction of sp³-hybridized carbons (Fsp3) is 0.263. The van der Waals surface area contributed by atoms with Crippen LogP contribution in [0.3, 0.4) is 0 Å². The molecule has 1 atom stereocenters. The summed E-state index contributed by atoms with van der Waals surface area (Å²) in [4.78, 5) is 26.6. The Bertz CT molecular complexity index is 827. The van der Waals surface area contributed by atoms with Gasteiger partial charge in [0.15, 0.2) is 11.6 Å². The van der Waals surface area contributed by atoms with Crippen LogP contribution in [0.2, 0.25) is 5.02 Å². The summed E-state index contributed by atoms with van der Waals surface area (Å²) in [6.45, 7) is 0.841. The van der Waals surface area contributed by atoms with Crippen molar-refractivity contribution in [2.24, 2.45) is 5.92 Å². The topological polar surface area (TPSA) is 49.4 Å². The van der Waals surface area contributed by atoms with Gasteiger partial charge in [0.2, 0.25) is 5.91 Å². The van der Waals surface area contributed by atoms with Crippen LogP contribution in [0.15, 0.2) is 42.5 Å². The Kier molecular flexibility index (Phi) is 5.52. The third-order valence-electron chi connectivity index (χ3n) is 4.36. The quantitative estimate of drug-likeness (QED) is 0.873. The van der Waals surface area contributed by atoms with Crippen LogP contribution in [-0.4, -0.2) is 29.8 Å². The molecular weight excluding hydrogens is 362 g/mol. The zero-order chi connectivity index (χ0) is 18.7. The molecule has 3 rings (SSSR count). The first-order chi connectivity index (χ1) is 12.4. The number of nitrogens with zero attached hydrogens (tertiary/aromatic N) is 1. The predicted octanol–water partition coefficient (Wildman–Crippen LogP) is 4.11. The Morgan fingerprint density at radius 1 is 1.08 bits per heavy atom. The van der Waals surface area contributed by atoms with Gasteiger partial charge in [-0.25, -0.2) is 8.78 Å². The van der Waals surface area contributed by atoms with Gasteiger partial charge in [0, 0.05) is 35.4 Å². The molecule has 2 aromatic carbocycles. The van der Waals surface area contributed by atoms with E-state index in [1.807, 2.05) is 0 Å². The summed E-state index contributed by atoms with van der Waals surface area (Å²) in [5.74, 6) is -2.88. The van der Waals surface area contributed by atoms with Crippen molar-refractivity contribution in [3.05, 3.63) is 64.7 Å². The van der Waals surface area contributed by atoms with Crippen molar-refractivity contribution in [2.45, 2.75) is 12.8 Å². The summed E-state index contributed by atoms with van der Waals surface area (Å²) in [6.07, 6.45) is 1.31. The molecule has 0 bridgehead atoms. The number of hydrogen-bond acceptors (Lipinski definition) is 2. The fourth-order valence-electron chi connectivity index (χ4n) is 2.97. The van der Waals surface area contributed by atoms with Crippen molar-refractivity contribution >= 4 is 29.1 Å². The summed E-state index contributed by atoms with van der Waals surface area (Å²) < 4.78 is 26.2. The highest BCUT2D eigenvalue weighted by Crippen LogP contribution is 2.22. The molecule has 1 saturated heterocycles. The number of amides is 2. The minimum atomic E-state index is -1.02. The van der Waals surface area contributed by atoms with E-state index in [1.54, 1.807) is 29.2 Å². The molecule has 0 aliphatic carbocycles. The number of benzene rings is 2. The Hall–Kier alpha value is -2.47. The zero-order valence-corrected chi connectivity index (χ0v) is 14.6. The minimum Gasteiger partial charge on any atom is -0.338 e. The van der Waals surface area contributed by atoms with E-state index in [4.69, 9.17) is 11.6 Å². The van der Waals surface area contributed by atoms with Crippen LogP contribution in [0.1, 0.15) is 23.2 Å². The number of hydrogen-bond donors (Lipinski definition) is 1. The number of rotatable bonds is 3. The third kappa shape index (κ3) is 4.19. The normalized spacial score (nSPS) is 17.0. The molecule has 0 spiro atoms. The average Bonchev–Trinajstić information content (AvgIpc) is 2.65. The van der Waals surface area contributed by atoms with Crippen molar-refractivity contribution < 1.29 is 18.4 Å². The van der Waals surface area contributed by atoms with Gasteiger partial charge in [-0.1, -0.05) is 11.6 Å². The largest absolute Gasteiger partial charge is 0.338 e. The van der Waals surface area contributed by atoms with Gasteiger partial charge in [0.25, 0.3) is 5.91 Å². The molecular formula is C19H17ClF2N2O2. The van der Waals surface area contributed by atoms with Gasteiger partial charge in [0.1, 0.15) is 0 Å². The molecule has 2 aromatic rings. The highest BCUT2D eigenvalue weighted by Gasteiger charge is 2.29. The lowest BCUT2D eigenvalue weighted by atomic mass is 9.96. The molecule has 7 heteroatoms. The standard InChI is InChI=1S/C19H17ClF2N2O2/c20-14-5-3-12(4-6-14)19(26)24-9-1-2-13(11-24)18(25)23-15-7-8-16(21)17(22)10-15/h3-8,10,13H,1-2,9,11H2,(H,23,25)/t13-/m1/s1. The van der Waals surface area contributed by atoms with Gasteiger partial charge in [-0.2, -0.15) is 0 Å². The summed E-state index contributed by atoms with van der Waals surface area (Å²) in [7, 11) is 0. The van der Waals surface area contributed by atoms with Crippen molar-refractivity contribution in [2.75, 3.05) is 18.4 Å². The van der Waals surface area contributed by atoms with Crippen molar-refractivity contribution in [1.29, 1.82) is 0 Å². The zero-order valence-electron chi connectivity index (χ0n) is 13.8. The van der Waals surface area contributed by atoms with Crippen LogP contribution in [0.5, 0.6) is 0 Å². The van der Waals surface area contributed by atoms with Gasteiger partial charge in [0.05, 0.1) is 5.92 Å². The third-order valence-corrected chi connectivity index (χ3v) is 4.61. The van der Waals surface area contributed by atoms with Gasteiger partial charge in [-0.05, 0) is 49.2 Å². The van der Waals surface area contributed by atoms with Crippen molar-refractivity contribution in [1.82, 2.24) is 4.90 Å². The molecule has 1 aliphatic rings. The molecule has 0 aromatic heterocycles. The molecule has 0 unspecified atom stereocenters. The van der Waals surface area contributed by atoms with Crippen LogP contribution in [-0.2, 0) is 4.79 Å². The Morgan fingerprint density at radius 3 is 2.50 bits per heavy atom. The van der Waals surface area contributed by atoms with Crippen LogP contribution in [0, 0.1) is 17.6 Å². The lowest BCUT2D eigenvalue weighted by Gasteiger charge is -2.32. The second kappa shape index (κ2) is 7.83. The molecule has 26 heavy (non-hydrogen) atoms. The van der Waals surface area contributed by atoms with Crippen LogP contribution < -0.4 is 5.32 Å². The smallest absolute Gasteiger partial charge is 0.253 e. The number of carbonyl (C=O) groups excluding carboxylic acids is 2. The Labute approximate surface area is 154 Å². The second-order valence-corrected chi connectivity index (χ2v) is 6.65. The molecule has 1 fully saturated rings. The SMILES string of the molecule is O=C(Nc1ccc(F)c(F)c1)[C@@H]1CCCN(C(=O)c2ccc(Cl)cc2)C1. The first-order valence-corrected chi connectivity index (χ1v) is 8.62. The first-order valence-electron chi connectivity index (χ1n) is 8.25. The predicted molar refractivity (Wildman–Crippen MR) is 95.1 cm³/mol. The molecule has 0 radical (unpaired) electrons. The van der Waals surface area contributed by atoms with Crippen LogP contribution >= 0.6 is 11.6 Å². The van der Waals surface area contributed by atoms with E-state index in [-0.39, 0.29) is 24.0 Å². The summed E-state index contributed by atoms with van der Waals surface area (Å²) >= 11 is 5.84. The lowest BCUT2D eigenvalue weighted by molar-refractivity contribution is -0.121. The number of anilines is 1. The molecule has 1 aliphatic heterocycles. The summed E-state index contributed by atoms with van der Waals surface area (Å²) in [5, 5.41) is 3.13. The van der Waals surface area contributed by atoms with Gasteiger partial charge < -0.3 is 10.2 Å². The van der Waals surface area contributed by atoms with E-state index < -0.39 is 17.6 Å². The number of likely N-dealkylation sites (tertiary alicyclic amines) is 1. The second-order valence-electron chi connectivity index (χ2n) is 6.22.